The molecular weight excluding hydrogens is 222 g/mol. The van der Waals surface area contributed by atoms with Gasteiger partial charge in [0.2, 0.25) is 0 Å². The Balaban J connectivity index is 2.36. The van der Waals surface area contributed by atoms with E-state index in [0.717, 1.165) is 24.9 Å². The second kappa shape index (κ2) is 8.13. The predicted octanol–water partition coefficient (Wildman–Crippen LogP) is 1.89. The molecule has 2 atom stereocenters. The van der Waals surface area contributed by atoms with Gasteiger partial charge in [-0.05, 0) is 51.9 Å². The van der Waals surface area contributed by atoms with Crippen LogP contribution in [0.1, 0.15) is 33.6 Å². The predicted molar refractivity (Wildman–Crippen MR) is 80.0 cm³/mol. The minimum atomic E-state index is 0.669. The highest BCUT2D eigenvalue weighted by Gasteiger charge is 2.25. The zero-order valence-corrected chi connectivity index (χ0v) is 13.1. The summed E-state index contributed by atoms with van der Waals surface area (Å²) in [6.45, 7) is 13.0. The average molecular weight is 255 g/mol. The van der Waals surface area contributed by atoms with E-state index in [4.69, 9.17) is 0 Å². The van der Waals surface area contributed by atoms with Gasteiger partial charge in [0.15, 0.2) is 0 Å². The molecule has 1 aliphatic heterocycles. The second-order valence-corrected chi connectivity index (χ2v) is 6.37. The first kappa shape index (κ1) is 15.9. The zero-order valence-electron chi connectivity index (χ0n) is 13.1. The fourth-order valence-corrected chi connectivity index (χ4v) is 3.05. The molecule has 1 heterocycles. The van der Waals surface area contributed by atoms with Crippen molar-refractivity contribution in [3.8, 4) is 0 Å². The number of likely N-dealkylation sites (N-methyl/N-ethyl adjacent to an activating group) is 1. The summed E-state index contributed by atoms with van der Waals surface area (Å²) in [5, 5.41) is 3.58. The van der Waals surface area contributed by atoms with Gasteiger partial charge in [-0.3, -0.25) is 0 Å². The molecular formula is C15H33N3. The molecule has 1 N–H and O–H groups in total. The average Bonchev–Trinajstić information content (AvgIpc) is 2.69. The summed E-state index contributed by atoms with van der Waals surface area (Å²) in [7, 11) is 4.54. The zero-order chi connectivity index (χ0) is 13.5. The van der Waals surface area contributed by atoms with Crippen LogP contribution in [-0.4, -0.2) is 62.7 Å². The highest BCUT2D eigenvalue weighted by Crippen LogP contribution is 2.18. The molecule has 0 aliphatic carbocycles. The molecule has 2 unspecified atom stereocenters. The third kappa shape index (κ3) is 5.25. The molecule has 0 spiro atoms. The van der Waals surface area contributed by atoms with Gasteiger partial charge in [0.25, 0.3) is 0 Å². The Kier molecular flexibility index (Phi) is 7.20. The monoisotopic (exact) mass is 255 g/mol. The number of nitrogens with one attached hydrogen (secondary N) is 1. The fourth-order valence-electron chi connectivity index (χ4n) is 3.05. The first-order chi connectivity index (χ1) is 8.54. The van der Waals surface area contributed by atoms with Gasteiger partial charge in [0.1, 0.15) is 0 Å². The van der Waals surface area contributed by atoms with Crippen LogP contribution in [0.2, 0.25) is 0 Å². The lowest BCUT2D eigenvalue weighted by Crippen LogP contribution is -2.45. The van der Waals surface area contributed by atoms with Gasteiger partial charge in [-0.1, -0.05) is 20.8 Å². The number of nitrogens with zero attached hydrogens (tertiary/aromatic N) is 2. The Morgan fingerprint density at radius 2 is 2.11 bits per heavy atom. The highest BCUT2D eigenvalue weighted by atomic mass is 15.2. The van der Waals surface area contributed by atoms with Gasteiger partial charge in [-0.25, -0.2) is 0 Å². The van der Waals surface area contributed by atoms with E-state index >= 15 is 0 Å². The van der Waals surface area contributed by atoms with Gasteiger partial charge in [-0.15, -0.1) is 0 Å². The van der Waals surface area contributed by atoms with Crippen LogP contribution in [0.3, 0.4) is 0 Å². The molecule has 0 aromatic heterocycles. The van der Waals surface area contributed by atoms with Gasteiger partial charge < -0.3 is 15.1 Å². The maximum atomic E-state index is 3.58. The smallest absolute Gasteiger partial charge is 0.0240 e. The lowest BCUT2D eigenvalue weighted by Gasteiger charge is -2.33. The van der Waals surface area contributed by atoms with E-state index in [1.807, 2.05) is 0 Å². The maximum absolute atomic E-state index is 3.58. The molecule has 18 heavy (non-hydrogen) atoms. The van der Waals surface area contributed by atoms with E-state index in [-0.39, 0.29) is 0 Å². The van der Waals surface area contributed by atoms with Crippen molar-refractivity contribution < 1.29 is 0 Å². The van der Waals surface area contributed by atoms with Crippen LogP contribution in [-0.2, 0) is 0 Å². The Hall–Kier alpha value is -0.120. The summed E-state index contributed by atoms with van der Waals surface area (Å²) >= 11 is 0. The maximum Gasteiger partial charge on any atom is 0.0240 e. The molecule has 0 bridgehead atoms. The van der Waals surface area contributed by atoms with Crippen molar-refractivity contribution in [2.24, 2.45) is 11.8 Å². The molecule has 3 nitrogen and oxygen atoms in total. The topological polar surface area (TPSA) is 18.5 Å². The van der Waals surface area contributed by atoms with Gasteiger partial charge in [-0.2, -0.15) is 0 Å². The van der Waals surface area contributed by atoms with Crippen molar-refractivity contribution in [2.75, 3.05) is 46.8 Å². The summed E-state index contributed by atoms with van der Waals surface area (Å²) in [6.07, 6.45) is 2.59. The van der Waals surface area contributed by atoms with Crippen LogP contribution in [0.25, 0.3) is 0 Å². The van der Waals surface area contributed by atoms with Crippen molar-refractivity contribution in [3.05, 3.63) is 0 Å². The number of rotatable bonds is 8. The quantitative estimate of drug-likeness (QED) is 0.668. The van der Waals surface area contributed by atoms with Crippen LogP contribution in [0, 0.1) is 11.8 Å². The molecule has 3 heteroatoms. The van der Waals surface area contributed by atoms with Crippen molar-refractivity contribution in [3.63, 3.8) is 0 Å². The Labute approximate surface area is 114 Å². The van der Waals surface area contributed by atoms with Gasteiger partial charge >= 0.3 is 0 Å². The highest BCUT2D eigenvalue weighted by molar-refractivity contribution is 4.80. The molecule has 0 radical (unpaired) electrons. The number of hydrogen-bond acceptors (Lipinski definition) is 3. The second-order valence-electron chi connectivity index (χ2n) is 6.37. The first-order valence-electron chi connectivity index (χ1n) is 7.64. The molecule has 108 valence electrons. The molecule has 1 saturated heterocycles. The summed E-state index contributed by atoms with van der Waals surface area (Å²) in [4.78, 5) is 5.04. The van der Waals surface area contributed by atoms with Gasteiger partial charge in [0.05, 0.1) is 0 Å². The van der Waals surface area contributed by atoms with Crippen LogP contribution in [0.4, 0.5) is 0 Å². The fraction of sp³-hybridized carbons (Fsp3) is 1.00. The minimum Gasteiger partial charge on any atom is -0.315 e. The van der Waals surface area contributed by atoms with Crippen LogP contribution in [0.15, 0.2) is 0 Å². The van der Waals surface area contributed by atoms with Crippen LogP contribution < -0.4 is 5.32 Å². The third-order valence-electron chi connectivity index (χ3n) is 4.15. The van der Waals surface area contributed by atoms with Crippen LogP contribution in [0.5, 0.6) is 0 Å². The van der Waals surface area contributed by atoms with Crippen molar-refractivity contribution in [1.82, 2.24) is 15.1 Å². The summed E-state index contributed by atoms with van der Waals surface area (Å²) in [5.74, 6) is 1.59. The first-order valence-corrected chi connectivity index (χ1v) is 7.64. The summed E-state index contributed by atoms with van der Waals surface area (Å²) < 4.78 is 0. The molecule has 1 rings (SSSR count). The molecule has 0 aromatic carbocycles. The largest absolute Gasteiger partial charge is 0.315 e. The Bertz CT molecular complexity index is 218. The van der Waals surface area contributed by atoms with Gasteiger partial charge in [0, 0.05) is 25.7 Å². The number of likely N-dealkylation sites (tertiary alicyclic amines) is 1. The SMILES string of the molecule is CCCNCC(C(C)C)N(C)CC1CCN(C)C1. The van der Waals surface area contributed by atoms with E-state index < -0.39 is 0 Å². The van der Waals surface area contributed by atoms with Crippen molar-refractivity contribution in [1.29, 1.82) is 0 Å². The summed E-state index contributed by atoms with van der Waals surface area (Å²) in [6, 6.07) is 0.669. The number of hydrogen-bond donors (Lipinski definition) is 1. The van der Waals surface area contributed by atoms with E-state index in [2.05, 4.69) is 50.0 Å². The van der Waals surface area contributed by atoms with E-state index in [1.165, 1.54) is 32.5 Å². The normalized spacial score (nSPS) is 23.2. The standard InChI is InChI=1S/C15H33N3/c1-6-8-16-10-15(13(2)3)18(5)12-14-7-9-17(4)11-14/h13-16H,6-12H2,1-5H3. The van der Waals surface area contributed by atoms with Crippen LogP contribution >= 0.6 is 0 Å². The summed E-state index contributed by atoms with van der Waals surface area (Å²) in [5.41, 5.74) is 0. The lowest BCUT2D eigenvalue weighted by molar-refractivity contribution is 0.163. The molecule has 0 amide bonds. The van der Waals surface area contributed by atoms with E-state index in [1.54, 1.807) is 0 Å². The Morgan fingerprint density at radius 1 is 1.39 bits per heavy atom. The van der Waals surface area contributed by atoms with E-state index in [0.29, 0.717) is 6.04 Å². The van der Waals surface area contributed by atoms with Crippen molar-refractivity contribution >= 4 is 0 Å². The lowest BCUT2D eigenvalue weighted by atomic mass is 10.0. The molecule has 0 saturated carbocycles. The van der Waals surface area contributed by atoms with Crippen molar-refractivity contribution in [2.45, 2.75) is 39.7 Å². The molecule has 1 fully saturated rings. The Morgan fingerprint density at radius 3 is 2.61 bits per heavy atom. The molecule has 1 aliphatic rings. The minimum absolute atomic E-state index is 0.669. The third-order valence-corrected chi connectivity index (χ3v) is 4.15. The molecule has 0 aromatic rings. The van der Waals surface area contributed by atoms with E-state index in [9.17, 15) is 0 Å².